The standard InChI is InChI=1S/C20H27NO5/c1-14(2)9-10-25-17-7-5-15(11-19(17)24-4)12-21-20(22)18-8-6-16(26-18)13-23-3/h5-8,11,14H,9-10,12-13H2,1-4H3,(H,21,22). The maximum absolute atomic E-state index is 12.2. The monoisotopic (exact) mass is 361 g/mol. The van der Waals surface area contributed by atoms with Crippen LogP contribution in [0.3, 0.4) is 0 Å². The summed E-state index contributed by atoms with van der Waals surface area (Å²) >= 11 is 0. The van der Waals surface area contributed by atoms with Gasteiger partial charge in [-0.2, -0.15) is 0 Å². The van der Waals surface area contributed by atoms with E-state index in [0.29, 0.717) is 42.9 Å². The first kappa shape index (κ1) is 19.8. The van der Waals surface area contributed by atoms with Crippen molar-refractivity contribution in [3.63, 3.8) is 0 Å². The Morgan fingerprint density at radius 2 is 1.96 bits per heavy atom. The topological polar surface area (TPSA) is 69.9 Å². The molecule has 0 fully saturated rings. The Morgan fingerprint density at radius 1 is 1.15 bits per heavy atom. The summed E-state index contributed by atoms with van der Waals surface area (Å²) in [5.41, 5.74) is 0.912. The van der Waals surface area contributed by atoms with E-state index < -0.39 is 0 Å². The van der Waals surface area contributed by atoms with Gasteiger partial charge in [-0.15, -0.1) is 0 Å². The molecule has 0 spiro atoms. The molecule has 26 heavy (non-hydrogen) atoms. The predicted molar refractivity (Wildman–Crippen MR) is 98.5 cm³/mol. The van der Waals surface area contributed by atoms with Crippen LogP contribution in [0.4, 0.5) is 0 Å². The highest BCUT2D eigenvalue weighted by atomic mass is 16.5. The van der Waals surface area contributed by atoms with Gasteiger partial charge in [0.05, 0.1) is 13.7 Å². The van der Waals surface area contributed by atoms with E-state index in [2.05, 4.69) is 19.2 Å². The Kier molecular flexibility index (Phi) is 7.53. The second-order valence-corrected chi connectivity index (χ2v) is 6.40. The van der Waals surface area contributed by atoms with Gasteiger partial charge in [-0.05, 0) is 42.2 Å². The first-order valence-corrected chi connectivity index (χ1v) is 8.69. The van der Waals surface area contributed by atoms with Crippen molar-refractivity contribution in [3.05, 3.63) is 47.4 Å². The van der Waals surface area contributed by atoms with Crippen molar-refractivity contribution >= 4 is 5.91 Å². The third-order valence-corrected chi connectivity index (χ3v) is 3.81. The lowest BCUT2D eigenvalue weighted by Crippen LogP contribution is -2.22. The molecular formula is C20H27NO5. The first-order valence-electron chi connectivity index (χ1n) is 8.69. The van der Waals surface area contributed by atoms with Crippen LogP contribution < -0.4 is 14.8 Å². The van der Waals surface area contributed by atoms with Crippen molar-refractivity contribution in [3.8, 4) is 11.5 Å². The molecule has 0 unspecified atom stereocenters. The molecule has 6 nitrogen and oxygen atoms in total. The average molecular weight is 361 g/mol. The minimum absolute atomic E-state index is 0.262. The summed E-state index contributed by atoms with van der Waals surface area (Å²) in [4.78, 5) is 12.2. The zero-order valence-corrected chi connectivity index (χ0v) is 15.8. The van der Waals surface area contributed by atoms with E-state index in [1.54, 1.807) is 26.4 Å². The highest BCUT2D eigenvalue weighted by molar-refractivity contribution is 5.91. The normalized spacial score (nSPS) is 10.8. The first-order chi connectivity index (χ1) is 12.5. The van der Waals surface area contributed by atoms with Crippen LogP contribution in [0.1, 0.15) is 42.1 Å². The van der Waals surface area contributed by atoms with E-state index in [1.807, 2.05) is 18.2 Å². The van der Waals surface area contributed by atoms with E-state index >= 15 is 0 Å². The van der Waals surface area contributed by atoms with Gasteiger partial charge < -0.3 is 23.9 Å². The fraction of sp³-hybridized carbons (Fsp3) is 0.450. The van der Waals surface area contributed by atoms with Gasteiger partial charge in [0.25, 0.3) is 5.91 Å². The number of methoxy groups -OCH3 is 2. The van der Waals surface area contributed by atoms with Crippen molar-refractivity contribution in [1.29, 1.82) is 0 Å². The summed E-state index contributed by atoms with van der Waals surface area (Å²) in [6, 6.07) is 9.00. The molecule has 1 amide bonds. The van der Waals surface area contributed by atoms with E-state index in [4.69, 9.17) is 18.6 Å². The Morgan fingerprint density at radius 3 is 2.65 bits per heavy atom. The molecule has 1 heterocycles. The maximum Gasteiger partial charge on any atom is 0.287 e. The molecule has 0 aliphatic heterocycles. The van der Waals surface area contributed by atoms with Crippen molar-refractivity contribution < 1.29 is 23.4 Å². The van der Waals surface area contributed by atoms with Crippen LogP contribution >= 0.6 is 0 Å². The van der Waals surface area contributed by atoms with Crippen molar-refractivity contribution in [1.82, 2.24) is 5.32 Å². The molecule has 6 heteroatoms. The lowest BCUT2D eigenvalue weighted by atomic mass is 10.1. The van der Waals surface area contributed by atoms with Crippen LogP contribution in [0.15, 0.2) is 34.7 Å². The van der Waals surface area contributed by atoms with Gasteiger partial charge in [-0.1, -0.05) is 19.9 Å². The Labute approximate surface area is 154 Å². The molecule has 0 atom stereocenters. The fourth-order valence-corrected chi connectivity index (χ4v) is 2.34. The van der Waals surface area contributed by atoms with Gasteiger partial charge in [0, 0.05) is 13.7 Å². The molecule has 1 aromatic carbocycles. The summed E-state index contributed by atoms with van der Waals surface area (Å²) in [6.45, 7) is 5.66. The number of carbonyl (C=O) groups is 1. The molecule has 2 aromatic rings. The number of hydrogen-bond donors (Lipinski definition) is 1. The molecular weight excluding hydrogens is 334 g/mol. The summed E-state index contributed by atoms with van der Waals surface area (Å²) in [7, 11) is 3.18. The van der Waals surface area contributed by atoms with Crippen LogP contribution in [0, 0.1) is 5.92 Å². The molecule has 0 bridgehead atoms. The Bertz CT molecular complexity index is 708. The van der Waals surface area contributed by atoms with Crippen LogP contribution in [-0.4, -0.2) is 26.7 Å². The number of nitrogens with one attached hydrogen (secondary N) is 1. The number of benzene rings is 1. The van der Waals surface area contributed by atoms with Crippen LogP contribution in [0.2, 0.25) is 0 Å². The molecule has 0 saturated carbocycles. The fourth-order valence-electron chi connectivity index (χ4n) is 2.34. The minimum atomic E-state index is -0.274. The van der Waals surface area contributed by atoms with Crippen molar-refractivity contribution in [2.75, 3.05) is 20.8 Å². The molecule has 0 aliphatic rings. The average Bonchev–Trinajstić information content (AvgIpc) is 3.09. The van der Waals surface area contributed by atoms with E-state index in [9.17, 15) is 4.79 Å². The van der Waals surface area contributed by atoms with Crippen LogP contribution in [0.25, 0.3) is 0 Å². The van der Waals surface area contributed by atoms with Gasteiger partial charge in [-0.25, -0.2) is 0 Å². The zero-order valence-electron chi connectivity index (χ0n) is 15.8. The third kappa shape index (κ3) is 5.81. The van der Waals surface area contributed by atoms with Gasteiger partial charge in [0.2, 0.25) is 0 Å². The second-order valence-electron chi connectivity index (χ2n) is 6.40. The molecule has 0 aliphatic carbocycles. The summed E-state index contributed by atoms with van der Waals surface area (Å²) in [6.07, 6.45) is 0.981. The molecule has 1 aromatic heterocycles. The number of furan rings is 1. The quantitative estimate of drug-likeness (QED) is 0.697. The number of rotatable bonds is 10. The van der Waals surface area contributed by atoms with Gasteiger partial charge in [0.15, 0.2) is 17.3 Å². The van der Waals surface area contributed by atoms with Crippen LogP contribution in [-0.2, 0) is 17.9 Å². The minimum Gasteiger partial charge on any atom is -0.493 e. The Hall–Kier alpha value is -2.47. The highest BCUT2D eigenvalue weighted by Gasteiger charge is 2.12. The smallest absolute Gasteiger partial charge is 0.287 e. The second kappa shape index (κ2) is 9.87. The third-order valence-electron chi connectivity index (χ3n) is 3.81. The molecule has 1 N–H and O–H groups in total. The number of carbonyl (C=O) groups excluding carboxylic acids is 1. The van der Waals surface area contributed by atoms with E-state index in [0.717, 1.165) is 12.0 Å². The number of amides is 1. The van der Waals surface area contributed by atoms with Crippen molar-refractivity contribution in [2.24, 2.45) is 5.92 Å². The van der Waals surface area contributed by atoms with E-state index in [-0.39, 0.29) is 11.7 Å². The van der Waals surface area contributed by atoms with Gasteiger partial charge in [0.1, 0.15) is 12.4 Å². The summed E-state index contributed by atoms with van der Waals surface area (Å²) in [5.74, 6) is 2.55. The largest absolute Gasteiger partial charge is 0.493 e. The van der Waals surface area contributed by atoms with E-state index in [1.165, 1.54) is 0 Å². The van der Waals surface area contributed by atoms with Crippen LogP contribution in [0.5, 0.6) is 11.5 Å². The number of hydrogen-bond acceptors (Lipinski definition) is 5. The zero-order chi connectivity index (χ0) is 18.9. The maximum atomic E-state index is 12.2. The SMILES string of the molecule is COCc1ccc(C(=O)NCc2ccc(OCCC(C)C)c(OC)c2)o1. The van der Waals surface area contributed by atoms with Crippen molar-refractivity contribution in [2.45, 2.75) is 33.4 Å². The lowest BCUT2D eigenvalue weighted by Gasteiger charge is -2.13. The lowest BCUT2D eigenvalue weighted by molar-refractivity contribution is 0.0914. The highest BCUT2D eigenvalue weighted by Crippen LogP contribution is 2.28. The number of ether oxygens (including phenoxy) is 3. The molecule has 0 radical (unpaired) electrons. The Balaban J connectivity index is 1.93. The van der Waals surface area contributed by atoms with Gasteiger partial charge in [-0.3, -0.25) is 4.79 Å². The molecule has 0 saturated heterocycles. The summed E-state index contributed by atoms with van der Waals surface area (Å²) in [5, 5.41) is 2.83. The van der Waals surface area contributed by atoms with Gasteiger partial charge >= 0.3 is 0 Å². The molecule has 142 valence electrons. The predicted octanol–water partition coefficient (Wildman–Crippen LogP) is 3.79. The summed E-state index contributed by atoms with van der Waals surface area (Å²) < 4.78 is 21.6. The molecule has 2 rings (SSSR count).